The van der Waals surface area contributed by atoms with E-state index < -0.39 is 29.7 Å². The zero-order valence-corrected chi connectivity index (χ0v) is 26.0. The molecule has 2 unspecified atom stereocenters. The van der Waals surface area contributed by atoms with Crippen LogP contribution in [-0.4, -0.2) is 60.1 Å². The molecule has 2 N–H and O–H groups in total. The molecule has 0 aromatic heterocycles. The van der Waals surface area contributed by atoms with E-state index in [9.17, 15) is 19.2 Å². The van der Waals surface area contributed by atoms with Gasteiger partial charge >= 0.3 is 12.1 Å². The fourth-order valence-electron chi connectivity index (χ4n) is 4.55. The Balaban J connectivity index is 3.53. The number of rotatable bonds is 15. The molecule has 0 radical (unpaired) electrons. The van der Waals surface area contributed by atoms with Gasteiger partial charge in [-0.25, -0.2) is 4.79 Å². The van der Waals surface area contributed by atoms with Gasteiger partial charge in [-0.15, -0.1) is 0 Å². The van der Waals surface area contributed by atoms with Gasteiger partial charge in [0.1, 0.15) is 17.7 Å². The van der Waals surface area contributed by atoms with Crippen LogP contribution < -0.4 is 10.6 Å². The Kier molecular flexibility index (Phi) is 14.7. The average molecular weight is 562 g/mol. The Morgan fingerprint density at radius 1 is 1.00 bits per heavy atom. The van der Waals surface area contributed by atoms with Gasteiger partial charge in [-0.3, -0.25) is 14.4 Å². The van der Waals surface area contributed by atoms with Crippen molar-refractivity contribution < 1.29 is 28.7 Å². The lowest BCUT2D eigenvalue weighted by Gasteiger charge is -2.36. The summed E-state index contributed by atoms with van der Waals surface area (Å²) >= 11 is 0. The summed E-state index contributed by atoms with van der Waals surface area (Å²) in [6, 6.07) is 3.93. The van der Waals surface area contributed by atoms with Crippen molar-refractivity contribution in [2.24, 2.45) is 5.92 Å². The van der Waals surface area contributed by atoms with E-state index in [1.807, 2.05) is 45.9 Å². The number of carbonyl (C=O) groups excluding carboxylic acids is 4. The maximum atomic E-state index is 14.3. The molecular formula is C31H51N3O6. The minimum Gasteiger partial charge on any atom is -0.466 e. The highest BCUT2D eigenvalue weighted by Gasteiger charge is 2.37. The molecule has 0 aliphatic carbocycles. The van der Waals surface area contributed by atoms with Crippen LogP contribution in [0.1, 0.15) is 103 Å². The molecular weight excluding hydrogens is 510 g/mol. The number of esters is 1. The van der Waals surface area contributed by atoms with Crippen molar-refractivity contribution in [1.82, 2.24) is 15.5 Å². The van der Waals surface area contributed by atoms with Crippen LogP contribution in [0.2, 0.25) is 0 Å². The number of ether oxygens (including phenoxy) is 2. The highest BCUT2D eigenvalue weighted by molar-refractivity contribution is 5.92. The summed E-state index contributed by atoms with van der Waals surface area (Å²) in [7, 11) is 0. The third-order valence-electron chi connectivity index (χ3n) is 6.29. The fourth-order valence-corrected chi connectivity index (χ4v) is 4.55. The first-order chi connectivity index (χ1) is 18.7. The number of amides is 3. The molecule has 0 saturated heterocycles. The summed E-state index contributed by atoms with van der Waals surface area (Å²) in [6.07, 6.45) is 2.24. The smallest absolute Gasteiger partial charge is 0.408 e. The molecule has 1 rings (SSSR count). The Hall–Kier alpha value is -3.10. The molecule has 9 heteroatoms. The van der Waals surface area contributed by atoms with Crippen LogP contribution in [0.5, 0.6) is 0 Å². The van der Waals surface area contributed by atoms with Gasteiger partial charge in [-0.1, -0.05) is 51.8 Å². The largest absolute Gasteiger partial charge is 0.466 e. The van der Waals surface area contributed by atoms with E-state index >= 15 is 0 Å². The predicted octanol–water partition coefficient (Wildman–Crippen LogP) is 5.37. The monoisotopic (exact) mass is 561 g/mol. The van der Waals surface area contributed by atoms with Crippen molar-refractivity contribution in [2.75, 3.05) is 19.7 Å². The highest BCUT2D eigenvalue weighted by Crippen LogP contribution is 2.29. The molecule has 0 fully saturated rings. The summed E-state index contributed by atoms with van der Waals surface area (Å²) in [5.74, 6) is -1.03. The SMILES string of the molecule is CCCCCN(C(=O)C(CC(C)C)NC(=O)OC(C)(C)C)C(C(=O)NCCC(=O)OCC)c1c(C)cccc1C. The highest BCUT2D eigenvalue weighted by atomic mass is 16.6. The Labute approximate surface area is 240 Å². The second-order valence-corrected chi connectivity index (χ2v) is 11.6. The topological polar surface area (TPSA) is 114 Å². The van der Waals surface area contributed by atoms with E-state index in [0.29, 0.717) is 19.4 Å². The van der Waals surface area contributed by atoms with Crippen LogP contribution in [0.25, 0.3) is 0 Å². The summed E-state index contributed by atoms with van der Waals surface area (Å²) in [6.45, 7) is 17.6. The van der Waals surface area contributed by atoms with Crippen molar-refractivity contribution in [2.45, 2.75) is 112 Å². The molecule has 0 bridgehead atoms. The van der Waals surface area contributed by atoms with Gasteiger partial charge in [0.2, 0.25) is 11.8 Å². The normalized spacial score (nSPS) is 12.8. The molecule has 2 atom stereocenters. The number of nitrogens with zero attached hydrogens (tertiary/aromatic N) is 1. The summed E-state index contributed by atoms with van der Waals surface area (Å²) in [5, 5.41) is 5.63. The lowest BCUT2D eigenvalue weighted by atomic mass is 9.92. The summed E-state index contributed by atoms with van der Waals surface area (Å²) < 4.78 is 10.5. The summed E-state index contributed by atoms with van der Waals surface area (Å²) in [4.78, 5) is 54.4. The van der Waals surface area contributed by atoms with Crippen LogP contribution >= 0.6 is 0 Å². The van der Waals surface area contributed by atoms with Crippen molar-refractivity contribution in [3.05, 3.63) is 34.9 Å². The second kappa shape index (κ2) is 16.9. The van der Waals surface area contributed by atoms with E-state index in [4.69, 9.17) is 9.47 Å². The van der Waals surface area contributed by atoms with Crippen molar-refractivity contribution in [1.29, 1.82) is 0 Å². The van der Waals surface area contributed by atoms with Crippen LogP contribution in [0, 0.1) is 19.8 Å². The number of aryl methyl sites for hydroxylation is 2. The minimum atomic E-state index is -0.942. The zero-order valence-electron chi connectivity index (χ0n) is 26.0. The first-order valence-corrected chi connectivity index (χ1v) is 14.5. The first-order valence-electron chi connectivity index (χ1n) is 14.5. The van der Waals surface area contributed by atoms with E-state index in [1.165, 1.54) is 0 Å². The van der Waals surface area contributed by atoms with Gasteiger partial charge in [0, 0.05) is 13.1 Å². The number of carbonyl (C=O) groups is 4. The van der Waals surface area contributed by atoms with Crippen LogP contribution in [0.15, 0.2) is 18.2 Å². The summed E-state index contributed by atoms with van der Waals surface area (Å²) in [5.41, 5.74) is 1.76. The lowest BCUT2D eigenvalue weighted by Crippen LogP contribution is -2.54. The molecule has 0 spiro atoms. The van der Waals surface area contributed by atoms with E-state index in [-0.39, 0.29) is 37.3 Å². The molecule has 0 saturated carbocycles. The Morgan fingerprint density at radius 3 is 2.15 bits per heavy atom. The van der Waals surface area contributed by atoms with Gasteiger partial charge in [0.05, 0.1) is 13.0 Å². The fraction of sp³-hybridized carbons (Fsp3) is 0.677. The molecule has 0 heterocycles. The molecule has 1 aromatic rings. The number of alkyl carbamates (subject to hydrolysis) is 1. The van der Waals surface area contributed by atoms with Gasteiger partial charge < -0.3 is 25.0 Å². The van der Waals surface area contributed by atoms with E-state index in [1.54, 1.807) is 32.6 Å². The van der Waals surface area contributed by atoms with Crippen LogP contribution in [0.4, 0.5) is 4.79 Å². The van der Waals surface area contributed by atoms with Crippen LogP contribution in [0.3, 0.4) is 0 Å². The van der Waals surface area contributed by atoms with Gasteiger partial charge in [0.25, 0.3) is 0 Å². The standard InChI is InChI=1S/C31H51N3O6/c1-10-12-13-19-34(29(37)24(20-21(3)4)33-30(38)40-31(7,8)9)27(26-22(5)15-14-16-23(26)6)28(36)32-18-17-25(35)39-11-2/h14-16,21,24,27H,10-13,17-20H2,1-9H3,(H,32,36)(H,33,38). The van der Waals surface area contributed by atoms with Gasteiger partial charge in [0.15, 0.2) is 0 Å². The molecule has 0 aliphatic rings. The number of benzene rings is 1. The van der Waals surface area contributed by atoms with Gasteiger partial charge in [-0.2, -0.15) is 0 Å². The number of unbranched alkanes of at least 4 members (excludes halogenated alkanes) is 2. The number of hydrogen-bond acceptors (Lipinski definition) is 6. The Bertz CT molecular complexity index is 966. The molecule has 3 amide bonds. The molecule has 0 aliphatic heterocycles. The average Bonchev–Trinajstić information content (AvgIpc) is 2.82. The third kappa shape index (κ3) is 12.0. The quantitative estimate of drug-likeness (QED) is 0.220. The van der Waals surface area contributed by atoms with Crippen LogP contribution in [-0.2, 0) is 23.9 Å². The maximum Gasteiger partial charge on any atom is 0.408 e. The maximum absolute atomic E-state index is 14.3. The lowest BCUT2D eigenvalue weighted by molar-refractivity contribution is -0.144. The van der Waals surface area contributed by atoms with Crippen molar-refractivity contribution in [3.63, 3.8) is 0 Å². The van der Waals surface area contributed by atoms with E-state index in [0.717, 1.165) is 29.5 Å². The first kappa shape index (κ1) is 34.9. The molecule has 226 valence electrons. The number of nitrogens with one attached hydrogen (secondary N) is 2. The third-order valence-corrected chi connectivity index (χ3v) is 6.29. The zero-order chi connectivity index (χ0) is 30.5. The van der Waals surface area contributed by atoms with Crippen molar-refractivity contribution >= 4 is 23.9 Å². The molecule has 9 nitrogen and oxygen atoms in total. The Morgan fingerprint density at radius 2 is 1.62 bits per heavy atom. The van der Waals surface area contributed by atoms with E-state index in [2.05, 4.69) is 17.6 Å². The molecule has 1 aromatic carbocycles. The van der Waals surface area contributed by atoms with Gasteiger partial charge in [-0.05, 0) is 77.0 Å². The molecule has 40 heavy (non-hydrogen) atoms. The predicted molar refractivity (Wildman–Crippen MR) is 157 cm³/mol. The second-order valence-electron chi connectivity index (χ2n) is 11.6. The number of hydrogen-bond donors (Lipinski definition) is 2. The van der Waals surface area contributed by atoms with Crippen molar-refractivity contribution in [3.8, 4) is 0 Å². The minimum absolute atomic E-state index is 0.0268.